The number of carbonyl (C=O) groups is 3. The summed E-state index contributed by atoms with van der Waals surface area (Å²) < 4.78 is 13.0. The van der Waals surface area contributed by atoms with Gasteiger partial charge >= 0.3 is 11.9 Å². The number of ether oxygens (including phenoxy) is 2. The Balaban J connectivity index is 1.82. The normalized spacial score (nSPS) is 11.7. The first-order valence-corrected chi connectivity index (χ1v) is 11.0. The molecule has 0 saturated heterocycles. The highest BCUT2D eigenvalue weighted by atomic mass is 32.1. The lowest BCUT2D eigenvalue weighted by Crippen LogP contribution is -2.23. The lowest BCUT2D eigenvalue weighted by molar-refractivity contribution is -0.143. The first kappa shape index (κ1) is 20.9. The molecule has 0 atom stereocenters. The number of aromatic nitrogens is 2. The maximum Gasteiger partial charge on any atom is 0.337 e. The van der Waals surface area contributed by atoms with E-state index >= 15 is 0 Å². The van der Waals surface area contributed by atoms with Crippen molar-refractivity contribution in [1.29, 1.82) is 0 Å². The molecule has 0 aliphatic heterocycles. The van der Waals surface area contributed by atoms with Crippen LogP contribution in [0.4, 0.5) is 0 Å². The maximum atomic E-state index is 12.9. The van der Waals surface area contributed by atoms with Crippen molar-refractivity contribution in [2.75, 3.05) is 13.7 Å². The van der Waals surface area contributed by atoms with Gasteiger partial charge in [-0.2, -0.15) is 4.99 Å². The highest BCUT2D eigenvalue weighted by Crippen LogP contribution is 2.22. The van der Waals surface area contributed by atoms with Crippen LogP contribution in [0, 0.1) is 0 Å². The third kappa shape index (κ3) is 4.25. The van der Waals surface area contributed by atoms with E-state index < -0.39 is 17.8 Å². The minimum absolute atomic E-state index is 0.106. The molecule has 4 rings (SSSR count). The van der Waals surface area contributed by atoms with Crippen molar-refractivity contribution in [2.24, 2.45) is 4.99 Å². The lowest BCUT2D eigenvalue weighted by atomic mass is 10.2. The zero-order valence-electron chi connectivity index (χ0n) is 16.7. The van der Waals surface area contributed by atoms with Crippen LogP contribution in [-0.4, -0.2) is 41.1 Å². The number of rotatable bonds is 5. The maximum absolute atomic E-state index is 12.9. The van der Waals surface area contributed by atoms with Gasteiger partial charge in [-0.3, -0.25) is 9.59 Å². The number of fused-ring (bicyclic) bond motifs is 2. The summed E-state index contributed by atoms with van der Waals surface area (Å²) in [5.41, 5.74) is 3.99. The molecule has 158 valence electrons. The van der Waals surface area contributed by atoms with Crippen LogP contribution in [0.5, 0.6) is 0 Å². The fraction of sp³-hybridized carbons (Fsp3) is 0.190. The van der Waals surface area contributed by atoms with E-state index in [4.69, 9.17) is 9.47 Å². The van der Waals surface area contributed by atoms with Crippen molar-refractivity contribution in [3.63, 3.8) is 0 Å². The Morgan fingerprint density at radius 1 is 1.10 bits per heavy atom. The molecule has 0 radical (unpaired) electrons. The lowest BCUT2D eigenvalue weighted by Gasteiger charge is -2.05. The van der Waals surface area contributed by atoms with E-state index in [-0.39, 0.29) is 13.2 Å². The minimum atomic E-state index is -0.473. The average molecular weight is 456 g/mol. The fourth-order valence-corrected chi connectivity index (χ4v) is 4.81. The topological polar surface area (TPSA) is 99.9 Å². The van der Waals surface area contributed by atoms with Crippen molar-refractivity contribution >= 4 is 61.0 Å². The van der Waals surface area contributed by atoms with Crippen LogP contribution in [0.25, 0.3) is 20.4 Å². The van der Waals surface area contributed by atoms with Crippen LogP contribution in [0.1, 0.15) is 27.6 Å². The zero-order valence-corrected chi connectivity index (χ0v) is 18.3. The SMILES string of the molecule is CCOC(=O)Cn1c(=NC(=O)c2ccc3ncsc3c2)sc2cc(C(=O)OC)ccc21. The second kappa shape index (κ2) is 8.78. The number of carbonyl (C=O) groups excluding carboxylic acids is 3. The van der Waals surface area contributed by atoms with Crippen molar-refractivity contribution in [3.8, 4) is 0 Å². The second-order valence-electron chi connectivity index (χ2n) is 6.40. The summed E-state index contributed by atoms with van der Waals surface area (Å²) in [6.07, 6.45) is 0. The van der Waals surface area contributed by atoms with E-state index in [0.717, 1.165) is 10.2 Å². The number of nitrogens with zero attached hydrogens (tertiary/aromatic N) is 3. The summed E-state index contributed by atoms with van der Waals surface area (Å²) in [4.78, 5) is 45.7. The van der Waals surface area contributed by atoms with Crippen LogP contribution in [0.15, 0.2) is 46.9 Å². The number of benzene rings is 2. The summed E-state index contributed by atoms with van der Waals surface area (Å²) in [5, 5.41) is 0. The Kier molecular flexibility index (Phi) is 5.92. The van der Waals surface area contributed by atoms with Gasteiger partial charge in [0.2, 0.25) is 0 Å². The molecule has 10 heteroatoms. The summed E-state index contributed by atoms with van der Waals surface area (Å²) in [6, 6.07) is 10.1. The molecule has 0 bridgehead atoms. The van der Waals surface area contributed by atoms with Gasteiger partial charge in [-0.25, -0.2) is 9.78 Å². The molecule has 0 unspecified atom stereocenters. The highest BCUT2D eigenvalue weighted by Gasteiger charge is 2.15. The molecule has 31 heavy (non-hydrogen) atoms. The summed E-state index contributed by atoms with van der Waals surface area (Å²) >= 11 is 2.64. The number of amides is 1. The molecule has 2 aromatic heterocycles. The quantitative estimate of drug-likeness (QED) is 0.428. The van der Waals surface area contributed by atoms with E-state index in [0.29, 0.717) is 26.1 Å². The molecule has 0 fully saturated rings. The molecule has 0 N–H and O–H groups in total. The van der Waals surface area contributed by atoms with Crippen LogP contribution in [0.3, 0.4) is 0 Å². The smallest absolute Gasteiger partial charge is 0.337 e. The van der Waals surface area contributed by atoms with Crippen molar-refractivity contribution in [1.82, 2.24) is 9.55 Å². The van der Waals surface area contributed by atoms with Crippen molar-refractivity contribution < 1.29 is 23.9 Å². The standard InChI is InChI=1S/C21H17N3O5S2/c1-3-29-18(25)10-24-15-7-5-13(20(27)28-2)9-17(15)31-21(24)23-19(26)12-4-6-14-16(8-12)30-11-22-14/h4-9,11H,3,10H2,1-2H3. The Morgan fingerprint density at radius 3 is 2.65 bits per heavy atom. The fourth-order valence-electron chi connectivity index (χ4n) is 3.03. The average Bonchev–Trinajstić information content (AvgIpc) is 3.37. The van der Waals surface area contributed by atoms with Gasteiger partial charge in [0, 0.05) is 5.56 Å². The van der Waals surface area contributed by atoms with Gasteiger partial charge in [0.1, 0.15) is 6.54 Å². The molecular formula is C21H17N3O5S2. The molecular weight excluding hydrogens is 438 g/mol. The number of hydrogen-bond donors (Lipinski definition) is 0. The van der Waals surface area contributed by atoms with Gasteiger partial charge in [-0.05, 0) is 43.3 Å². The molecule has 8 nitrogen and oxygen atoms in total. The number of esters is 2. The molecule has 0 saturated carbocycles. The Bertz CT molecular complexity index is 1380. The molecule has 1 amide bonds. The van der Waals surface area contributed by atoms with Gasteiger partial charge in [-0.1, -0.05) is 11.3 Å². The van der Waals surface area contributed by atoms with Crippen LogP contribution < -0.4 is 4.80 Å². The Hall–Kier alpha value is -3.37. The van der Waals surface area contributed by atoms with E-state index in [1.807, 2.05) is 0 Å². The first-order chi connectivity index (χ1) is 15.0. The molecule has 0 aliphatic carbocycles. The Morgan fingerprint density at radius 2 is 1.87 bits per heavy atom. The Labute approximate surface area is 184 Å². The largest absolute Gasteiger partial charge is 0.465 e. The molecule has 0 aliphatic rings. The minimum Gasteiger partial charge on any atom is -0.465 e. The number of hydrogen-bond acceptors (Lipinski definition) is 8. The predicted octanol–water partition coefficient (Wildman–Crippen LogP) is 3.40. The number of methoxy groups -OCH3 is 1. The van der Waals surface area contributed by atoms with E-state index in [2.05, 4.69) is 9.98 Å². The van der Waals surface area contributed by atoms with Crippen molar-refractivity contribution in [3.05, 3.63) is 57.8 Å². The van der Waals surface area contributed by atoms with E-state index in [1.54, 1.807) is 53.4 Å². The first-order valence-electron chi connectivity index (χ1n) is 9.29. The van der Waals surface area contributed by atoms with Gasteiger partial charge in [0.05, 0.1) is 45.2 Å². The van der Waals surface area contributed by atoms with Crippen LogP contribution >= 0.6 is 22.7 Å². The summed E-state index contributed by atoms with van der Waals surface area (Å²) in [6.45, 7) is 1.86. The van der Waals surface area contributed by atoms with E-state index in [1.165, 1.54) is 29.8 Å². The second-order valence-corrected chi connectivity index (χ2v) is 8.30. The van der Waals surface area contributed by atoms with Gasteiger partial charge in [0.15, 0.2) is 4.80 Å². The van der Waals surface area contributed by atoms with Crippen LogP contribution in [-0.2, 0) is 20.8 Å². The van der Waals surface area contributed by atoms with Gasteiger partial charge < -0.3 is 14.0 Å². The van der Waals surface area contributed by atoms with Gasteiger partial charge in [0.25, 0.3) is 5.91 Å². The number of thiazole rings is 2. The van der Waals surface area contributed by atoms with Crippen LogP contribution in [0.2, 0.25) is 0 Å². The summed E-state index contributed by atoms with van der Waals surface area (Å²) in [5.74, 6) is -1.36. The molecule has 4 aromatic rings. The molecule has 2 heterocycles. The monoisotopic (exact) mass is 455 g/mol. The van der Waals surface area contributed by atoms with E-state index in [9.17, 15) is 14.4 Å². The van der Waals surface area contributed by atoms with Crippen molar-refractivity contribution in [2.45, 2.75) is 13.5 Å². The predicted molar refractivity (Wildman–Crippen MR) is 117 cm³/mol. The third-order valence-electron chi connectivity index (χ3n) is 4.47. The molecule has 0 spiro atoms. The van der Waals surface area contributed by atoms with Gasteiger partial charge in [-0.15, -0.1) is 11.3 Å². The zero-order chi connectivity index (χ0) is 22.0. The summed E-state index contributed by atoms with van der Waals surface area (Å²) in [7, 11) is 1.31. The highest BCUT2D eigenvalue weighted by molar-refractivity contribution is 7.17. The third-order valence-corrected chi connectivity index (χ3v) is 6.30. The molecule has 2 aromatic carbocycles.